The van der Waals surface area contributed by atoms with Gasteiger partial charge >= 0.3 is 0 Å². The summed E-state index contributed by atoms with van der Waals surface area (Å²) in [6.45, 7) is 1.94. The molecular formula is C22H17N3O2. The number of aromatic nitrogens is 2. The molecule has 0 unspecified atom stereocenters. The van der Waals surface area contributed by atoms with Crippen molar-refractivity contribution in [2.45, 2.75) is 6.92 Å². The van der Waals surface area contributed by atoms with E-state index in [1.807, 2.05) is 49.4 Å². The molecule has 0 saturated heterocycles. The zero-order chi connectivity index (χ0) is 18.8. The van der Waals surface area contributed by atoms with E-state index in [0.717, 1.165) is 5.56 Å². The fourth-order valence-electron chi connectivity index (χ4n) is 2.96. The molecule has 3 aromatic carbocycles. The summed E-state index contributed by atoms with van der Waals surface area (Å²) >= 11 is 0. The molecular weight excluding hydrogens is 338 g/mol. The van der Waals surface area contributed by atoms with Crippen molar-refractivity contribution in [2.75, 3.05) is 5.32 Å². The summed E-state index contributed by atoms with van der Waals surface area (Å²) < 4.78 is 0. The quantitative estimate of drug-likeness (QED) is 0.580. The number of fused-ring (bicyclic) bond motifs is 1. The Morgan fingerprint density at radius 3 is 2.63 bits per heavy atom. The Kier molecular flexibility index (Phi) is 4.26. The van der Waals surface area contributed by atoms with Crippen LogP contribution in [0, 0.1) is 6.92 Å². The third kappa shape index (κ3) is 3.48. The molecule has 0 saturated carbocycles. The fraction of sp³-hybridized carbons (Fsp3) is 0.0455. The van der Waals surface area contributed by atoms with Crippen LogP contribution in [0.1, 0.15) is 15.9 Å². The van der Waals surface area contributed by atoms with Gasteiger partial charge in [-0.25, -0.2) is 4.98 Å². The Hall–Kier alpha value is -3.73. The van der Waals surface area contributed by atoms with Gasteiger partial charge in [0, 0.05) is 16.8 Å². The first kappa shape index (κ1) is 16.7. The molecule has 132 valence electrons. The van der Waals surface area contributed by atoms with Crippen molar-refractivity contribution in [1.29, 1.82) is 0 Å². The average Bonchev–Trinajstić information content (AvgIpc) is 2.67. The first-order valence-electron chi connectivity index (χ1n) is 8.58. The van der Waals surface area contributed by atoms with Crippen LogP contribution in [0.15, 0.2) is 77.6 Å². The van der Waals surface area contributed by atoms with Crippen LogP contribution in [-0.4, -0.2) is 15.9 Å². The number of hydrogen-bond acceptors (Lipinski definition) is 3. The Morgan fingerprint density at radius 1 is 0.963 bits per heavy atom. The van der Waals surface area contributed by atoms with Gasteiger partial charge in [-0.05, 0) is 43.3 Å². The molecule has 0 spiro atoms. The number of carbonyl (C=O) groups is 1. The molecule has 1 amide bonds. The molecule has 1 heterocycles. The normalized spacial score (nSPS) is 10.7. The first-order chi connectivity index (χ1) is 13.1. The van der Waals surface area contributed by atoms with E-state index >= 15 is 0 Å². The maximum Gasteiger partial charge on any atom is 0.274 e. The smallest absolute Gasteiger partial charge is 0.274 e. The van der Waals surface area contributed by atoms with Gasteiger partial charge in [0.15, 0.2) is 0 Å². The topological polar surface area (TPSA) is 74.8 Å². The van der Waals surface area contributed by atoms with Gasteiger partial charge in [-0.2, -0.15) is 0 Å². The molecule has 1 aromatic heterocycles. The van der Waals surface area contributed by atoms with Gasteiger partial charge in [-0.3, -0.25) is 9.59 Å². The maximum atomic E-state index is 12.5. The van der Waals surface area contributed by atoms with Gasteiger partial charge in [0.25, 0.3) is 11.5 Å². The summed E-state index contributed by atoms with van der Waals surface area (Å²) in [5.74, 6) is -0.198. The molecule has 5 nitrogen and oxygen atoms in total. The minimum atomic E-state index is -0.268. The number of aromatic amines is 1. The van der Waals surface area contributed by atoms with Crippen molar-refractivity contribution >= 4 is 22.6 Å². The zero-order valence-corrected chi connectivity index (χ0v) is 14.7. The van der Waals surface area contributed by atoms with Gasteiger partial charge in [-0.1, -0.05) is 42.0 Å². The third-order valence-corrected chi connectivity index (χ3v) is 4.27. The van der Waals surface area contributed by atoms with E-state index in [2.05, 4.69) is 15.3 Å². The number of nitrogens with one attached hydrogen (secondary N) is 2. The lowest BCUT2D eigenvalue weighted by Gasteiger charge is -2.08. The van der Waals surface area contributed by atoms with Crippen LogP contribution in [-0.2, 0) is 0 Å². The van der Waals surface area contributed by atoms with Gasteiger partial charge < -0.3 is 10.3 Å². The molecule has 5 heteroatoms. The summed E-state index contributed by atoms with van der Waals surface area (Å²) in [7, 11) is 0. The second kappa shape index (κ2) is 6.88. The number of aryl methyl sites for hydroxylation is 1. The SMILES string of the molecule is Cc1cccc(C(=O)Nc2cccc(-c3nc4ccccc4[nH]c3=O)c2)c1. The number of H-pyrrole nitrogens is 1. The number of nitrogens with zero attached hydrogens (tertiary/aromatic N) is 1. The lowest BCUT2D eigenvalue weighted by atomic mass is 10.1. The van der Waals surface area contributed by atoms with Crippen molar-refractivity contribution in [3.8, 4) is 11.3 Å². The van der Waals surface area contributed by atoms with Crippen LogP contribution in [0.3, 0.4) is 0 Å². The predicted molar refractivity (Wildman–Crippen MR) is 107 cm³/mol. The molecule has 4 rings (SSSR count). The molecule has 0 aliphatic rings. The summed E-state index contributed by atoms with van der Waals surface area (Å²) in [4.78, 5) is 32.2. The lowest BCUT2D eigenvalue weighted by molar-refractivity contribution is 0.102. The number of para-hydroxylation sites is 2. The van der Waals surface area contributed by atoms with Crippen LogP contribution in [0.25, 0.3) is 22.3 Å². The van der Waals surface area contributed by atoms with Crippen LogP contribution >= 0.6 is 0 Å². The van der Waals surface area contributed by atoms with E-state index in [0.29, 0.717) is 33.5 Å². The highest BCUT2D eigenvalue weighted by Crippen LogP contribution is 2.20. The standard InChI is InChI=1S/C22H17N3O2/c1-14-6-4-8-16(12-14)21(26)23-17-9-5-7-15(13-17)20-22(27)25-19-11-3-2-10-18(19)24-20/h2-13H,1H3,(H,23,26)(H,25,27). The Balaban J connectivity index is 1.68. The minimum Gasteiger partial charge on any atom is -0.322 e. The van der Waals surface area contributed by atoms with E-state index < -0.39 is 0 Å². The highest BCUT2D eigenvalue weighted by atomic mass is 16.1. The van der Waals surface area contributed by atoms with Gasteiger partial charge in [0.2, 0.25) is 0 Å². The van der Waals surface area contributed by atoms with Crippen LogP contribution < -0.4 is 10.9 Å². The number of carbonyl (C=O) groups excluding carboxylic acids is 1. The third-order valence-electron chi connectivity index (χ3n) is 4.27. The monoisotopic (exact) mass is 355 g/mol. The van der Waals surface area contributed by atoms with Crippen LogP contribution in [0.4, 0.5) is 5.69 Å². The second-order valence-electron chi connectivity index (χ2n) is 6.34. The second-order valence-corrected chi connectivity index (χ2v) is 6.34. The van der Waals surface area contributed by atoms with Crippen molar-refractivity contribution in [1.82, 2.24) is 9.97 Å². The summed E-state index contributed by atoms with van der Waals surface area (Å²) in [5, 5.41) is 2.87. The molecule has 27 heavy (non-hydrogen) atoms. The van der Waals surface area contributed by atoms with Crippen molar-refractivity contribution in [2.24, 2.45) is 0 Å². The van der Waals surface area contributed by atoms with E-state index in [1.165, 1.54) is 0 Å². The molecule has 0 fully saturated rings. The van der Waals surface area contributed by atoms with Gasteiger partial charge in [-0.15, -0.1) is 0 Å². The van der Waals surface area contributed by atoms with E-state index in [1.54, 1.807) is 30.3 Å². The van der Waals surface area contributed by atoms with Gasteiger partial charge in [0.05, 0.1) is 11.0 Å². The molecule has 0 aliphatic heterocycles. The average molecular weight is 355 g/mol. The van der Waals surface area contributed by atoms with E-state index in [4.69, 9.17) is 0 Å². The predicted octanol–water partition coefficient (Wildman–Crippen LogP) is 4.15. The Labute approximate surface area is 155 Å². The molecule has 4 aromatic rings. The molecule has 0 atom stereocenters. The number of rotatable bonds is 3. The molecule has 0 bridgehead atoms. The van der Waals surface area contributed by atoms with Crippen molar-refractivity contribution < 1.29 is 4.79 Å². The summed E-state index contributed by atoms with van der Waals surface area (Å²) in [6, 6.07) is 21.9. The highest BCUT2D eigenvalue weighted by Gasteiger charge is 2.10. The number of amides is 1. The number of hydrogen-bond donors (Lipinski definition) is 2. The lowest BCUT2D eigenvalue weighted by Crippen LogP contribution is -2.13. The van der Waals surface area contributed by atoms with Crippen LogP contribution in [0.2, 0.25) is 0 Å². The van der Waals surface area contributed by atoms with Gasteiger partial charge in [0.1, 0.15) is 5.69 Å². The molecule has 0 radical (unpaired) electrons. The van der Waals surface area contributed by atoms with E-state index in [-0.39, 0.29) is 11.5 Å². The Morgan fingerprint density at radius 2 is 1.78 bits per heavy atom. The zero-order valence-electron chi connectivity index (χ0n) is 14.7. The minimum absolute atomic E-state index is 0.198. The summed E-state index contributed by atoms with van der Waals surface area (Å²) in [5.41, 5.74) is 4.30. The largest absolute Gasteiger partial charge is 0.322 e. The van der Waals surface area contributed by atoms with E-state index in [9.17, 15) is 9.59 Å². The summed E-state index contributed by atoms with van der Waals surface area (Å²) in [6.07, 6.45) is 0. The number of benzene rings is 3. The maximum absolute atomic E-state index is 12.5. The van der Waals surface area contributed by atoms with Crippen molar-refractivity contribution in [3.63, 3.8) is 0 Å². The van der Waals surface area contributed by atoms with Crippen molar-refractivity contribution in [3.05, 3.63) is 94.3 Å². The highest BCUT2D eigenvalue weighted by molar-refractivity contribution is 6.04. The molecule has 0 aliphatic carbocycles. The number of anilines is 1. The first-order valence-corrected chi connectivity index (χ1v) is 8.58. The molecule has 2 N–H and O–H groups in total. The fourth-order valence-corrected chi connectivity index (χ4v) is 2.96. The Bertz CT molecular complexity index is 1210. The van der Waals surface area contributed by atoms with Crippen LogP contribution in [0.5, 0.6) is 0 Å².